The van der Waals surface area contributed by atoms with Crippen molar-refractivity contribution in [2.45, 2.75) is 0 Å². The average Bonchev–Trinajstić information content (AvgIpc) is 1.83. The van der Waals surface area contributed by atoms with Gasteiger partial charge in [-0.2, -0.15) is 6.07 Å². The van der Waals surface area contributed by atoms with Crippen LogP contribution >= 0.6 is 0 Å². The van der Waals surface area contributed by atoms with Crippen molar-refractivity contribution in [3.63, 3.8) is 0 Å². The van der Waals surface area contributed by atoms with E-state index in [0.29, 0.717) is 0 Å². The molecule has 1 N–H and O–H groups in total. The van der Waals surface area contributed by atoms with Crippen molar-refractivity contribution < 1.29 is 61.6 Å². The van der Waals surface area contributed by atoms with Crippen LogP contribution in [0.3, 0.4) is 0 Å². The third-order valence-corrected chi connectivity index (χ3v) is 0.416. The summed E-state index contributed by atoms with van der Waals surface area (Å²) in [4.78, 5) is 2.77. The number of nitriles is 1. The summed E-state index contributed by atoms with van der Waals surface area (Å²) in [6, 6.07) is 1.58. The molecule has 0 atom stereocenters. The van der Waals surface area contributed by atoms with Crippen molar-refractivity contribution in [3.8, 4) is 6.07 Å². The zero-order valence-corrected chi connectivity index (χ0v) is 8.87. The van der Waals surface area contributed by atoms with Crippen LogP contribution < -0.4 is 51.4 Å². The molecule has 0 radical (unpaired) electrons. The first-order valence-electron chi connectivity index (χ1n) is 1.78. The van der Waals surface area contributed by atoms with E-state index in [-0.39, 0.29) is 62.6 Å². The number of allylic oxidation sites excluding steroid dienone is 1. The zero-order valence-electron chi connectivity index (χ0n) is 5.75. The molecule has 4 nitrogen and oxygen atoms in total. The second kappa shape index (κ2) is 11.9. The number of rotatable bonds is 1. The van der Waals surface area contributed by atoms with E-state index in [4.69, 9.17) is 11.8 Å². The molecular formula is C5H4KN2O2-. The molecule has 0 aliphatic heterocycles. The number of nitrogens with zero attached hydrogens (tertiary/aromatic N) is 2. The van der Waals surface area contributed by atoms with Crippen LogP contribution in [-0.4, -0.2) is 12.6 Å². The zero-order chi connectivity index (χ0) is 6.41. The fourth-order valence-electron chi connectivity index (χ4n) is 0.167. The first-order valence-corrected chi connectivity index (χ1v) is 1.78. The Hall–Kier alpha value is 0.116. The largest absolute Gasteiger partial charge is 1.00 e. The minimum absolute atomic E-state index is 0. The minimum atomic E-state index is -0.160. The fourth-order valence-corrected chi connectivity index (χ4v) is 0.167. The van der Waals surface area contributed by atoms with Gasteiger partial charge < -0.3 is 15.5 Å². The van der Waals surface area contributed by atoms with Crippen LogP contribution in [0.2, 0.25) is 0 Å². The van der Waals surface area contributed by atoms with Crippen molar-refractivity contribution in [3.05, 3.63) is 23.4 Å². The average molecular weight is 163 g/mol. The molecule has 0 fully saturated rings. The molecule has 10 heavy (non-hydrogen) atoms. The van der Waals surface area contributed by atoms with Gasteiger partial charge in [0.25, 0.3) is 0 Å². The molecule has 0 aromatic rings. The topological polar surface area (TPSA) is 67.4 Å². The molecule has 0 aliphatic rings. The van der Waals surface area contributed by atoms with Crippen LogP contribution in [0.15, 0.2) is 5.70 Å². The van der Waals surface area contributed by atoms with E-state index in [1.807, 2.05) is 0 Å². The van der Waals surface area contributed by atoms with E-state index >= 15 is 0 Å². The smallest absolute Gasteiger partial charge is 0.870 e. The third kappa shape index (κ3) is 8.12. The van der Waals surface area contributed by atoms with Gasteiger partial charge in [-0.3, -0.25) is 4.85 Å². The van der Waals surface area contributed by atoms with Gasteiger partial charge in [-0.05, 0) is 0 Å². The van der Waals surface area contributed by atoms with Gasteiger partial charge in [-0.25, -0.2) is 0 Å². The van der Waals surface area contributed by atoms with Crippen LogP contribution in [0.5, 0.6) is 0 Å². The molecule has 5 heteroatoms. The van der Waals surface area contributed by atoms with Crippen molar-refractivity contribution >= 4 is 0 Å². The minimum Gasteiger partial charge on any atom is -0.870 e. The van der Waals surface area contributed by atoms with E-state index in [1.54, 1.807) is 6.07 Å². The summed E-state index contributed by atoms with van der Waals surface area (Å²) >= 11 is 0. The molecule has 0 heterocycles. The second-order valence-electron chi connectivity index (χ2n) is 0.878. The Kier molecular flexibility index (Phi) is 19.7. The number of methoxy groups -OCH3 is 1. The van der Waals surface area contributed by atoms with E-state index in [1.165, 1.54) is 7.11 Å². The van der Waals surface area contributed by atoms with Crippen LogP contribution in [-0.2, 0) is 4.74 Å². The Labute approximate surface area is 102 Å². The van der Waals surface area contributed by atoms with Crippen molar-refractivity contribution in [2.75, 3.05) is 7.11 Å². The third-order valence-electron chi connectivity index (χ3n) is 0.416. The summed E-state index contributed by atoms with van der Waals surface area (Å²) < 4.78 is 4.26. The molecule has 0 unspecified atom stereocenters. The maximum absolute atomic E-state index is 8.01. The summed E-state index contributed by atoms with van der Waals surface area (Å²) in [6.07, 6.45) is 2.08. The number of hydrogen-bond acceptors (Lipinski definition) is 3. The van der Waals surface area contributed by atoms with Crippen LogP contribution in [0, 0.1) is 24.2 Å². The summed E-state index contributed by atoms with van der Waals surface area (Å²) in [6.45, 7) is 6.29. The summed E-state index contributed by atoms with van der Waals surface area (Å²) in [5, 5.41) is 8.01. The summed E-state index contributed by atoms with van der Waals surface area (Å²) in [5.74, 6) is 0. The number of ether oxygens (including phenoxy) is 1. The van der Waals surface area contributed by atoms with Gasteiger partial charge in [0.1, 0.15) is 5.70 Å². The van der Waals surface area contributed by atoms with Gasteiger partial charge in [0.15, 0.2) is 0 Å². The first-order chi connectivity index (χ1) is 3.85. The maximum Gasteiger partial charge on any atom is 1.00 e. The Morgan fingerprint density at radius 1 is 1.80 bits per heavy atom. The van der Waals surface area contributed by atoms with Crippen molar-refractivity contribution in [1.29, 1.82) is 5.26 Å². The summed E-state index contributed by atoms with van der Waals surface area (Å²) in [5.41, 5.74) is -0.160. The molecule has 0 aromatic heterocycles. The Balaban J connectivity index is -0.000000245. The Bertz CT molecular complexity index is 161. The van der Waals surface area contributed by atoms with Gasteiger partial charge in [0.2, 0.25) is 0 Å². The Morgan fingerprint density at radius 3 is 2.40 bits per heavy atom. The molecule has 0 amide bonds. The van der Waals surface area contributed by atoms with E-state index in [2.05, 4.69) is 15.8 Å². The predicted octanol–water partition coefficient (Wildman–Crippen LogP) is -2.45. The Morgan fingerprint density at radius 2 is 2.30 bits per heavy atom. The quantitative estimate of drug-likeness (QED) is 0.186. The van der Waals surface area contributed by atoms with Gasteiger partial charge in [-0.15, -0.1) is 0 Å². The monoisotopic (exact) mass is 163 g/mol. The fraction of sp³-hybridized carbons (Fsp3) is 0.200. The van der Waals surface area contributed by atoms with E-state index < -0.39 is 0 Å². The van der Waals surface area contributed by atoms with Crippen molar-refractivity contribution in [2.24, 2.45) is 0 Å². The molecule has 0 saturated heterocycles. The van der Waals surface area contributed by atoms with Gasteiger partial charge in [0, 0.05) is 7.11 Å². The predicted molar refractivity (Wildman–Crippen MR) is 27.9 cm³/mol. The second-order valence-corrected chi connectivity index (χ2v) is 0.878. The maximum atomic E-state index is 8.01. The van der Waals surface area contributed by atoms with Crippen LogP contribution in [0.4, 0.5) is 0 Å². The normalized spacial score (nSPS) is 7.30. The molecule has 0 aliphatic carbocycles. The van der Waals surface area contributed by atoms with Gasteiger partial charge >= 0.3 is 51.4 Å². The SMILES string of the molecule is [C-]#[N+]C(C#N)=[C-]OC.[K+].[OH-]. The van der Waals surface area contributed by atoms with E-state index in [0.717, 1.165) is 0 Å². The first kappa shape index (κ1) is 16.6. The molecule has 0 rings (SSSR count). The molecule has 0 saturated carbocycles. The summed E-state index contributed by atoms with van der Waals surface area (Å²) in [7, 11) is 1.34. The van der Waals surface area contributed by atoms with Crippen LogP contribution in [0.25, 0.3) is 4.85 Å². The van der Waals surface area contributed by atoms with Crippen molar-refractivity contribution in [1.82, 2.24) is 0 Å². The number of hydrogen-bond donors (Lipinski definition) is 0. The molecule has 0 bridgehead atoms. The molecular weight excluding hydrogens is 159 g/mol. The standard InChI is InChI=1S/C5H3N2O.K.H2O/c1-7-5(3-6)4-8-2;;/h2H3;;1H2/q-1;+1;/p-1. The van der Waals surface area contributed by atoms with Gasteiger partial charge in [0.05, 0.1) is 6.57 Å². The molecule has 0 aromatic carbocycles. The van der Waals surface area contributed by atoms with E-state index in [9.17, 15) is 0 Å². The van der Waals surface area contributed by atoms with Gasteiger partial charge in [-0.1, -0.05) is 6.26 Å². The van der Waals surface area contributed by atoms with Crippen LogP contribution in [0.1, 0.15) is 0 Å². The molecule has 48 valence electrons. The molecule has 0 spiro atoms.